The Morgan fingerprint density at radius 2 is 2.14 bits per heavy atom. The highest BCUT2D eigenvalue weighted by atomic mass is 16.3. The molecule has 1 heterocycles. The van der Waals surface area contributed by atoms with Crippen molar-refractivity contribution in [2.45, 2.75) is 33.4 Å². The van der Waals surface area contributed by atoms with Crippen LogP contribution in [0.25, 0.3) is 0 Å². The second-order valence-electron chi connectivity index (χ2n) is 3.75. The quantitative estimate of drug-likeness (QED) is 0.739. The molecule has 1 rings (SSSR count). The summed E-state index contributed by atoms with van der Waals surface area (Å²) < 4.78 is 1.88. The van der Waals surface area contributed by atoms with Gasteiger partial charge in [-0.15, -0.1) is 0 Å². The van der Waals surface area contributed by atoms with Gasteiger partial charge in [0.15, 0.2) is 0 Å². The van der Waals surface area contributed by atoms with Crippen LogP contribution in [0.3, 0.4) is 0 Å². The van der Waals surface area contributed by atoms with Gasteiger partial charge in [-0.2, -0.15) is 5.10 Å². The van der Waals surface area contributed by atoms with Gasteiger partial charge in [-0.1, -0.05) is 0 Å². The molecule has 0 saturated heterocycles. The summed E-state index contributed by atoms with van der Waals surface area (Å²) in [6, 6.07) is 0. The Kier molecular flexibility index (Phi) is 3.66. The Balaban J connectivity index is 2.58. The van der Waals surface area contributed by atoms with Crippen LogP contribution >= 0.6 is 0 Å². The van der Waals surface area contributed by atoms with Crippen molar-refractivity contribution in [1.82, 2.24) is 15.1 Å². The number of nitrogens with one attached hydrogen (secondary N) is 1. The summed E-state index contributed by atoms with van der Waals surface area (Å²) in [5, 5.41) is 16.6. The number of aromatic nitrogens is 2. The van der Waals surface area contributed by atoms with E-state index in [1.165, 1.54) is 11.3 Å². The summed E-state index contributed by atoms with van der Waals surface area (Å²) in [5.41, 5.74) is 3.47. The summed E-state index contributed by atoms with van der Waals surface area (Å²) in [6.07, 6.45) is -0.299. The van der Waals surface area contributed by atoms with Crippen molar-refractivity contribution in [3.05, 3.63) is 17.0 Å². The Labute approximate surface area is 84.9 Å². The van der Waals surface area contributed by atoms with Crippen LogP contribution in [0, 0.1) is 13.8 Å². The molecule has 0 aliphatic carbocycles. The third kappa shape index (κ3) is 2.56. The van der Waals surface area contributed by atoms with Gasteiger partial charge < -0.3 is 10.4 Å². The van der Waals surface area contributed by atoms with E-state index in [2.05, 4.69) is 17.3 Å². The van der Waals surface area contributed by atoms with Gasteiger partial charge in [0.1, 0.15) is 0 Å². The highest BCUT2D eigenvalue weighted by molar-refractivity contribution is 5.23. The molecule has 0 fully saturated rings. The van der Waals surface area contributed by atoms with Crippen LogP contribution in [0.5, 0.6) is 0 Å². The predicted molar refractivity (Wildman–Crippen MR) is 56.1 cm³/mol. The van der Waals surface area contributed by atoms with E-state index in [-0.39, 0.29) is 6.10 Å². The SMILES string of the molecule is Cc1nn(C)c(C)c1CNC[C@@H](C)O. The van der Waals surface area contributed by atoms with E-state index in [0.29, 0.717) is 6.54 Å². The van der Waals surface area contributed by atoms with Crippen molar-refractivity contribution in [3.8, 4) is 0 Å². The predicted octanol–water partition coefficient (Wildman–Crippen LogP) is 0.507. The third-order valence-corrected chi connectivity index (χ3v) is 2.40. The van der Waals surface area contributed by atoms with Gasteiger partial charge in [0.05, 0.1) is 11.8 Å². The minimum Gasteiger partial charge on any atom is -0.392 e. The first-order valence-corrected chi connectivity index (χ1v) is 4.90. The zero-order valence-electron chi connectivity index (χ0n) is 9.33. The maximum Gasteiger partial charge on any atom is 0.0641 e. The Hall–Kier alpha value is -0.870. The van der Waals surface area contributed by atoms with Gasteiger partial charge in [-0.3, -0.25) is 4.68 Å². The van der Waals surface area contributed by atoms with Gasteiger partial charge in [-0.25, -0.2) is 0 Å². The lowest BCUT2D eigenvalue weighted by Crippen LogP contribution is -2.24. The number of hydrogen-bond acceptors (Lipinski definition) is 3. The molecule has 0 spiro atoms. The maximum atomic E-state index is 9.09. The van der Waals surface area contributed by atoms with E-state index in [9.17, 15) is 0 Å². The highest BCUT2D eigenvalue weighted by Crippen LogP contribution is 2.10. The van der Waals surface area contributed by atoms with Crippen molar-refractivity contribution in [2.75, 3.05) is 6.54 Å². The summed E-state index contributed by atoms with van der Waals surface area (Å²) in [6.45, 7) is 7.23. The number of aliphatic hydroxyl groups is 1. The van der Waals surface area contributed by atoms with Crippen molar-refractivity contribution < 1.29 is 5.11 Å². The molecule has 0 radical (unpaired) electrons. The molecule has 4 nitrogen and oxygen atoms in total. The second-order valence-corrected chi connectivity index (χ2v) is 3.75. The average Bonchev–Trinajstić information content (AvgIpc) is 2.31. The smallest absolute Gasteiger partial charge is 0.0641 e. The molecule has 1 aromatic heterocycles. The summed E-state index contributed by atoms with van der Waals surface area (Å²) in [7, 11) is 1.94. The Morgan fingerprint density at radius 3 is 2.57 bits per heavy atom. The topological polar surface area (TPSA) is 50.1 Å². The molecule has 0 amide bonds. The van der Waals surface area contributed by atoms with Crippen molar-refractivity contribution in [2.24, 2.45) is 7.05 Å². The average molecular weight is 197 g/mol. The summed E-state index contributed by atoms with van der Waals surface area (Å²) in [4.78, 5) is 0. The molecule has 2 N–H and O–H groups in total. The van der Waals surface area contributed by atoms with Gasteiger partial charge in [-0.05, 0) is 20.8 Å². The number of nitrogens with zero attached hydrogens (tertiary/aromatic N) is 2. The van der Waals surface area contributed by atoms with Crippen LogP contribution in [-0.4, -0.2) is 27.5 Å². The lowest BCUT2D eigenvalue weighted by Gasteiger charge is -2.06. The number of hydrogen-bond donors (Lipinski definition) is 2. The van der Waals surface area contributed by atoms with Crippen LogP contribution in [0.4, 0.5) is 0 Å². The molecule has 0 unspecified atom stereocenters. The molecular formula is C10H19N3O. The zero-order chi connectivity index (χ0) is 10.7. The molecule has 4 heteroatoms. The van der Waals surface area contributed by atoms with E-state index >= 15 is 0 Å². The highest BCUT2D eigenvalue weighted by Gasteiger charge is 2.08. The lowest BCUT2D eigenvalue weighted by atomic mass is 10.2. The van der Waals surface area contributed by atoms with E-state index in [0.717, 1.165) is 12.2 Å². The third-order valence-electron chi connectivity index (χ3n) is 2.40. The molecular weight excluding hydrogens is 178 g/mol. The summed E-state index contributed by atoms with van der Waals surface area (Å²) >= 11 is 0. The minimum atomic E-state index is -0.299. The molecule has 0 bridgehead atoms. The summed E-state index contributed by atoms with van der Waals surface area (Å²) in [5.74, 6) is 0. The molecule has 0 saturated carbocycles. The number of aryl methyl sites for hydroxylation is 2. The molecule has 1 atom stereocenters. The monoisotopic (exact) mass is 197 g/mol. The van der Waals surface area contributed by atoms with Crippen LogP contribution < -0.4 is 5.32 Å². The van der Waals surface area contributed by atoms with Crippen LogP contribution in [0.15, 0.2) is 0 Å². The molecule has 14 heavy (non-hydrogen) atoms. The van der Waals surface area contributed by atoms with Crippen LogP contribution in [0.1, 0.15) is 23.9 Å². The van der Waals surface area contributed by atoms with Crippen molar-refractivity contribution >= 4 is 0 Å². The van der Waals surface area contributed by atoms with E-state index in [1.807, 2.05) is 18.7 Å². The van der Waals surface area contributed by atoms with Gasteiger partial charge in [0.25, 0.3) is 0 Å². The van der Waals surface area contributed by atoms with Crippen molar-refractivity contribution in [1.29, 1.82) is 0 Å². The zero-order valence-corrected chi connectivity index (χ0v) is 9.33. The largest absolute Gasteiger partial charge is 0.392 e. The first kappa shape index (κ1) is 11.2. The van der Waals surface area contributed by atoms with E-state index in [1.54, 1.807) is 6.92 Å². The maximum absolute atomic E-state index is 9.09. The fraction of sp³-hybridized carbons (Fsp3) is 0.700. The van der Waals surface area contributed by atoms with Crippen LogP contribution in [0.2, 0.25) is 0 Å². The fourth-order valence-corrected chi connectivity index (χ4v) is 1.48. The number of aliphatic hydroxyl groups excluding tert-OH is 1. The molecule has 80 valence electrons. The normalized spacial score (nSPS) is 13.2. The molecule has 0 aliphatic rings. The van der Waals surface area contributed by atoms with Crippen LogP contribution in [-0.2, 0) is 13.6 Å². The lowest BCUT2D eigenvalue weighted by molar-refractivity contribution is 0.191. The Bertz CT molecular complexity index is 305. The van der Waals surface area contributed by atoms with Gasteiger partial charge >= 0.3 is 0 Å². The van der Waals surface area contributed by atoms with E-state index < -0.39 is 0 Å². The fourth-order valence-electron chi connectivity index (χ4n) is 1.48. The first-order valence-electron chi connectivity index (χ1n) is 4.90. The standard InChI is InChI=1S/C10H19N3O/c1-7(14)5-11-6-10-8(2)12-13(4)9(10)3/h7,11,14H,5-6H2,1-4H3/t7-/m1/s1. The van der Waals surface area contributed by atoms with Gasteiger partial charge in [0, 0.05) is 31.4 Å². The second kappa shape index (κ2) is 4.57. The first-order chi connectivity index (χ1) is 6.52. The molecule has 1 aromatic rings. The van der Waals surface area contributed by atoms with E-state index in [4.69, 9.17) is 5.11 Å². The molecule has 0 aliphatic heterocycles. The molecule has 0 aromatic carbocycles. The number of rotatable bonds is 4. The van der Waals surface area contributed by atoms with Gasteiger partial charge in [0.2, 0.25) is 0 Å². The Morgan fingerprint density at radius 1 is 1.50 bits per heavy atom. The minimum absolute atomic E-state index is 0.299. The van der Waals surface area contributed by atoms with Crippen molar-refractivity contribution in [3.63, 3.8) is 0 Å².